The van der Waals surface area contributed by atoms with Crippen LogP contribution >= 0.6 is 11.3 Å². The Bertz CT molecular complexity index is 895. The van der Waals surface area contributed by atoms with E-state index in [1.165, 1.54) is 11.3 Å². The number of hydrogen-bond acceptors (Lipinski definition) is 6. The number of fused-ring (bicyclic) bond motifs is 2. The summed E-state index contributed by atoms with van der Waals surface area (Å²) < 4.78 is 10.6. The highest BCUT2D eigenvalue weighted by Gasteiger charge is 2.33. The van der Waals surface area contributed by atoms with Gasteiger partial charge in [0.2, 0.25) is 12.7 Å². The molecule has 7 nitrogen and oxygen atoms in total. The van der Waals surface area contributed by atoms with Crippen LogP contribution in [0.15, 0.2) is 18.2 Å². The normalized spacial score (nSPS) is 18.1. The Kier molecular flexibility index (Phi) is 4.73. The van der Waals surface area contributed by atoms with Gasteiger partial charge in [-0.25, -0.2) is 4.98 Å². The number of aryl methyl sites for hydroxylation is 1. The number of carbonyl (C=O) groups is 2. The molecule has 1 aliphatic carbocycles. The van der Waals surface area contributed by atoms with Crippen molar-refractivity contribution in [3.63, 3.8) is 0 Å². The lowest BCUT2D eigenvalue weighted by atomic mass is 10.1. The van der Waals surface area contributed by atoms with Crippen molar-refractivity contribution in [2.24, 2.45) is 0 Å². The van der Waals surface area contributed by atoms with Crippen molar-refractivity contribution < 1.29 is 19.1 Å². The Labute approximate surface area is 161 Å². The van der Waals surface area contributed by atoms with Crippen LogP contribution in [0.3, 0.4) is 0 Å². The Balaban J connectivity index is 1.46. The summed E-state index contributed by atoms with van der Waals surface area (Å²) in [6.45, 7) is 4.20. The van der Waals surface area contributed by atoms with Gasteiger partial charge in [-0.05, 0) is 44.4 Å². The quantitative estimate of drug-likeness (QED) is 0.823. The van der Waals surface area contributed by atoms with Gasteiger partial charge in [-0.15, -0.1) is 11.3 Å². The largest absolute Gasteiger partial charge is 0.454 e. The van der Waals surface area contributed by atoms with E-state index in [1.54, 1.807) is 18.2 Å². The predicted molar refractivity (Wildman–Crippen MR) is 102 cm³/mol. The Morgan fingerprint density at radius 2 is 2.15 bits per heavy atom. The first-order valence-corrected chi connectivity index (χ1v) is 9.87. The molecule has 1 aliphatic heterocycles. The third-order valence-corrected chi connectivity index (χ3v) is 5.94. The van der Waals surface area contributed by atoms with Gasteiger partial charge in [0.25, 0.3) is 5.91 Å². The molecule has 4 rings (SSSR count). The van der Waals surface area contributed by atoms with Gasteiger partial charge in [0.05, 0.1) is 11.6 Å². The molecule has 8 heteroatoms. The third-order valence-electron chi connectivity index (χ3n) is 4.89. The van der Waals surface area contributed by atoms with Crippen molar-refractivity contribution in [1.82, 2.24) is 10.3 Å². The first-order chi connectivity index (χ1) is 13.0. The second-order valence-electron chi connectivity index (χ2n) is 6.76. The van der Waals surface area contributed by atoms with E-state index in [-0.39, 0.29) is 30.6 Å². The average Bonchev–Trinajstić information content (AvgIpc) is 3.35. The zero-order valence-electron chi connectivity index (χ0n) is 15.2. The van der Waals surface area contributed by atoms with Gasteiger partial charge in [-0.2, -0.15) is 0 Å². The smallest absolute Gasteiger partial charge is 0.257 e. The average molecular weight is 387 g/mol. The number of amides is 2. The van der Waals surface area contributed by atoms with Crippen molar-refractivity contribution in [2.75, 3.05) is 12.1 Å². The molecule has 1 aromatic carbocycles. The van der Waals surface area contributed by atoms with E-state index in [0.717, 1.165) is 29.8 Å². The summed E-state index contributed by atoms with van der Waals surface area (Å²) in [6, 6.07) is 5.20. The van der Waals surface area contributed by atoms with E-state index in [0.29, 0.717) is 22.2 Å². The number of ether oxygens (including phenoxy) is 2. The van der Waals surface area contributed by atoms with Crippen LogP contribution in [-0.4, -0.2) is 29.6 Å². The lowest BCUT2D eigenvalue weighted by Gasteiger charge is -2.15. The first-order valence-electron chi connectivity index (χ1n) is 9.06. The minimum absolute atomic E-state index is 0.0158. The molecule has 2 heterocycles. The van der Waals surface area contributed by atoms with E-state index in [2.05, 4.69) is 15.6 Å². The van der Waals surface area contributed by atoms with Crippen LogP contribution < -0.4 is 20.1 Å². The van der Waals surface area contributed by atoms with E-state index in [9.17, 15) is 9.59 Å². The van der Waals surface area contributed by atoms with E-state index < -0.39 is 0 Å². The molecule has 142 valence electrons. The fourth-order valence-electron chi connectivity index (χ4n) is 3.19. The molecule has 0 spiro atoms. The number of carbonyl (C=O) groups excluding carboxylic acids is 2. The lowest BCUT2D eigenvalue weighted by molar-refractivity contribution is -0.123. The Morgan fingerprint density at radius 3 is 2.96 bits per heavy atom. The fraction of sp³-hybridized carbons (Fsp3) is 0.421. The molecule has 0 fully saturated rings. The molecule has 0 bridgehead atoms. The van der Waals surface area contributed by atoms with Gasteiger partial charge < -0.3 is 14.8 Å². The first kappa shape index (κ1) is 17.8. The molecule has 2 amide bonds. The van der Waals surface area contributed by atoms with Gasteiger partial charge in [-0.1, -0.05) is 6.92 Å². The molecule has 2 aliphatic rings. The molecule has 2 atom stereocenters. The second kappa shape index (κ2) is 7.19. The molecule has 0 saturated carbocycles. The molecule has 0 radical (unpaired) electrons. The SMILES string of the molecule is CC[C@H](C)NC(=O)[C@H]1CCc2sc(NC(=O)c3ccc4c(c3)OCO4)nc21. The van der Waals surface area contributed by atoms with Gasteiger partial charge in [0.15, 0.2) is 16.6 Å². The molecule has 0 unspecified atom stereocenters. The van der Waals surface area contributed by atoms with Crippen LogP contribution in [0.5, 0.6) is 11.5 Å². The molecule has 1 aromatic heterocycles. The standard InChI is InChI=1S/C19H21N3O4S/c1-3-10(2)20-18(24)12-5-7-15-16(12)21-19(27-15)22-17(23)11-4-6-13-14(8-11)26-9-25-13/h4,6,8,10,12H,3,5,7,9H2,1-2H3,(H,20,24)(H,21,22,23)/t10-,12-/m0/s1. The fourth-order valence-corrected chi connectivity index (χ4v) is 4.22. The lowest BCUT2D eigenvalue weighted by Crippen LogP contribution is -2.35. The molecule has 2 N–H and O–H groups in total. The van der Waals surface area contributed by atoms with Crippen LogP contribution in [0.2, 0.25) is 0 Å². The molecule has 0 saturated heterocycles. The predicted octanol–water partition coefficient (Wildman–Crippen LogP) is 3.07. The maximum atomic E-state index is 12.5. The number of thiazole rings is 1. The highest BCUT2D eigenvalue weighted by atomic mass is 32.1. The highest BCUT2D eigenvalue weighted by molar-refractivity contribution is 7.16. The topological polar surface area (TPSA) is 89.6 Å². The maximum absolute atomic E-state index is 12.5. The van der Waals surface area contributed by atoms with Crippen LogP contribution in [0.4, 0.5) is 5.13 Å². The van der Waals surface area contributed by atoms with E-state index in [4.69, 9.17) is 9.47 Å². The van der Waals surface area contributed by atoms with Gasteiger partial charge >= 0.3 is 0 Å². The minimum Gasteiger partial charge on any atom is -0.454 e. The van der Waals surface area contributed by atoms with Gasteiger partial charge in [-0.3, -0.25) is 14.9 Å². The number of hydrogen-bond donors (Lipinski definition) is 2. The van der Waals surface area contributed by atoms with Crippen molar-refractivity contribution >= 4 is 28.3 Å². The number of benzene rings is 1. The van der Waals surface area contributed by atoms with Crippen molar-refractivity contribution in [2.45, 2.75) is 45.1 Å². The van der Waals surface area contributed by atoms with Crippen molar-refractivity contribution in [1.29, 1.82) is 0 Å². The van der Waals surface area contributed by atoms with E-state index >= 15 is 0 Å². The summed E-state index contributed by atoms with van der Waals surface area (Å²) in [4.78, 5) is 30.6. The van der Waals surface area contributed by atoms with E-state index in [1.807, 2.05) is 13.8 Å². The molecule has 2 aromatic rings. The molecular formula is C19H21N3O4S. The summed E-state index contributed by atoms with van der Waals surface area (Å²) >= 11 is 1.44. The summed E-state index contributed by atoms with van der Waals surface area (Å²) in [5.41, 5.74) is 1.27. The van der Waals surface area contributed by atoms with Gasteiger partial charge in [0.1, 0.15) is 0 Å². The second-order valence-corrected chi connectivity index (χ2v) is 7.84. The number of aromatic nitrogens is 1. The third kappa shape index (κ3) is 3.49. The van der Waals surface area contributed by atoms with Crippen molar-refractivity contribution in [3.05, 3.63) is 34.3 Å². The summed E-state index contributed by atoms with van der Waals surface area (Å²) in [5, 5.41) is 6.37. The highest BCUT2D eigenvalue weighted by Crippen LogP contribution is 2.39. The minimum atomic E-state index is -0.263. The zero-order valence-corrected chi connectivity index (χ0v) is 16.0. The number of nitrogens with zero attached hydrogens (tertiary/aromatic N) is 1. The monoisotopic (exact) mass is 387 g/mol. The maximum Gasteiger partial charge on any atom is 0.257 e. The number of anilines is 1. The van der Waals surface area contributed by atoms with Gasteiger partial charge in [0, 0.05) is 16.5 Å². The van der Waals surface area contributed by atoms with Crippen molar-refractivity contribution in [3.8, 4) is 11.5 Å². The molecule has 27 heavy (non-hydrogen) atoms. The number of nitrogens with one attached hydrogen (secondary N) is 2. The van der Waals surface area contributed by atoms with Crippen LogP contribution in [0.1, 0.15) is 53.5 Å². The summed E-state index contributed by atoms with van der Waals surface area (Å²) in [6.07, 6.45) is 2.47. The molecular weight excluding hydrogens is 366 g/mol. The summed E-state index contributed by atoms with van der Waals surface area (Å²) in [7, 11) is 0. The van der Waals surface area contributed by atoms with Crippen LogP contribution in [0, 0.1) is 0 Å². The van der Waals surface area contributed by atoms with Crippen LogP contribution in [-0.2, 0) is 11.2 Å². The Morgan fingerprint density at radius 1 is 1.33 bits per heavy atom. The zero-order chi connectivity index (χ0) is 19.0. The number of rotatable bonds is 5. The summed E-state index contributed by atoms with van der Waals surface area (Å²) in [5.74, 6) is 0.714. The van der Waals surface area contributed by atoms with Crippen LogP contribution in [0.25, 0.3) is 0 Å². The Hall–Kier alpha value is -2.61.